The maximum absolute atomic E-state index is 12.8. The van der Waals surface area contributed by atoms with E-state index in [2.05, 4.69) is 49.0 Å². The van der Waals surface area contributed by atoms with Crippen molar-refractivity contribution < 1.29 is 4.79 Å². The highest BCUT2D eigenvalue weighted by molar-refractivity contribution is 9.10. The molecule has 0 saturated carbocycles. The van der Waals surface area contributed by atoms with Crippen LogP contribution in [0.25, 0.3) is 0 Å². The molecule has 124 valence electrons. The summed E-state index contributed by atoms with van der Waals surface area (Å²) in [6.07, 6.45) is 0. The van der Waals surface area contributed by atoms with E-state index in [1.54, 1.807) is 28.8 Å². The second-order valence-electron chi connectivity index (χ2n) is 5.16. The van der Waals surface area contributed by atoms with E-state index in [4.69, 9.17) is 11.6 Å². The first kappa shape index (κ1) is 18.0. The highest BCUT2D eigenvalue weighted by Crippen LogP contribution is 2.26. The predicted octanol–water partition coefficient (Wildman–Crippen LogP) is 5.61. The van der Waals surface area contributed by atoms with Crippen LogP contribution in [0.2, 0.25) is 5.02 Å². The minimum Gasteiger partial charge on any atom is -0.286 e. The second kappa shape index (κ2) is 8.04. The quantitative estimate of drug-likeness (QED) is 0.563. The Labute approximate surface area is 166 Å². The van der Waals surface area contributed by atoms with Crippen LogP contribution in [0.4, 0.5) is 0 Å². The number of thioether (sulfide) groups is 1. The van der Waals surface area contributed by atoms with Gasteiger partial charge in [-0.2, -0.15) is 0 Å². The standard InChI is InChI=1S/C17H13Br2ClN2OS/c18-12-3-1-11(2-4-12)10-24-17-21-7-8-22(17)16(23)14-9-13(19)5-6-15(14)20/h1-6,9H,7-8,10H2. The van der Waals surface area contributed by atoms with Crippen molar-refractivity contribution in [2.45, 2.75) is 5.75 Å². The molecule has 1 amide bonds. The molecule has 2 aromatic rings. The molecule has 3 rings (SSSR count). The third-order valence-corrected chi connectivity index (χ3v) is 5.92. The van der Waals surface area contributed by atoms with Crippen LogP contribution in [-0.2, 0) is 5.75 Å². The number of halogens is 3. The van der Waals surface area contributed by atoms with Crippen LogP contribution in [0.5, 0.6) is 0 Å². The molecule has 0 N–H and O–H groups in total. The molecule has 0 saturated heterocycles. The fourth-order valence-electron chi connectivity index (χ4n) is 2.27. The van der Waals surface area contributed by atoms with Crippen LogP contribution >= 0.6 is 55.2 Å². The average molecular weight is 489 g/mol. The van der Waals surface area contributed by atoms with Gasteiger partial charge >= 0.3 is 0 Å². The molecule has 0 unspecified atom stereocenters. The lowest BCUT2D eigenvalue weighted by molar-refractivity contribution is 0.0861. The minimum absolute atomic E-state index is 0.110. The highest BCUT2D eigenvalue weighted by atomic mass is 79.9. The zero-order chi connectivity index (χ0) is 17.1. The molecule has 1 heterocycles. The number of benzene rings is 2. The van der Waals surface area contributed by atoms with Gasteiger partial charge in [-0.25, -0.2) is 0 Å². The van der Waals surface area contributed by atoms with Crippen molar-refractivity contribution in [3.05, 3.63) is 67.6 Å². The zero-order valence-electron chi connectivity index (χ0n) is 12.5. The molecule has 1 aliphatic rings. The van der Waals surface area contributed by atoms with Crippen LogP contribution in [0.3, 0.4) is 0 Å². The van der Waals surface area contributed by atoms with Gasteiger partial charge in [-0.05, 0) is 35.9 Å². The summed E-state index contributed by atoms with van der Waals surface area (Å²) in [5.41, 5.74) is 1.68. The Morgan fingerprint density at radius 3 is 2.62 bits per heavy atom. The van der Waals surface area contributed by atoms with E-state index >= 15 is 0 Å². The van der Waals surface area contributed by atoms with Crippen molar-refractivity contribution >= 4 is 66.3 Å². The van der Waals surface area contributed by atoms with E-state index in [-0.39, 0.29) is 5.91 Å². The Bertz CT molecular complexity index is 796. The van der Waals surface area contributed by atoms with Crippen molar-refractivity contribution in [2.24, 2.45) is 4.99 Å². The lowest BCUT2D eigenvalue weighted by atomic mass is 10.2. The van der Waals surface area contributed by atoms with Crippen LogP contribution < -0.4 is 0 Å². The monoisotopic (exact) mass is 486 g/mol. The first-order valence-electron chi connectivity index (χ1n) is 7.23. The summed E-state index contributed by atoms with van der Waals surface area (Å²) >= 11 is 14.6. The van der Waals surface area contributed by atoms with Crippen molar-refractivity contribution in [3.63, 3.8) is 0 Å². The van der Waals surface area contributed by atoms with Gasteiger partial charge < -0.3 is 0 Å². The van der Waals surface area contributed by atoms with Gasteiger partial charge in [0, 0.05) is 21.2 Å². The van der Waals surface area contributed by atoms with Crippen molar-refractivity contribution in [3.8, 4) is 0 Å². The molecule has 0 spiro atoms. The maximum Gasteiger partial charge on any atom is 0.261 e. The minimum atomic E-state index is -0.110. The number of hydrogen-bond donors (Lipinski definition) is 0. The van der Waals surface area contributed by atoms with E-state index in [1.807, 2.05) is 18.2 Å². The van der Waals surface area contributed by atoms with Gasteiger partial charge in [-0.3, -0.25) is 14.7 Å². The summed E-state index contributed by atoms with van der Waals surface area (Å²) in [4.78, 5) is 19.0. The Hall–Kier alpha value is -0.820. The smallest absolute Gasteiger partial charge is 0.261 e. The molecular formula is C17H13Br2ClN2OS. The predicted molar refractivity (Wildman–Crippen MR) is 108 cm³/mol. The highest BCUT2D eigenvalue weighted by Gasteiger charge is 2.26. The van der Waals surface area contributed by atoms with E-state index < -0.39 is 0 Å². The van der Waals surface area contributed by atoms with E-state index in [1.165, 1.54) is 5.56 Å². The van der Waals surface area contributed by atoms with Gasteiger partial charge in [-0.1, -0.05) is 67.4 Å². The molecule has 0 atom stereocenters. The Morgan fingerprint density at radius 1 is 1.17 bits per heavy atom. The summed E-state index contributed by atoms with van der Waals surface area (Å²) < 4.78 is 1.88. The SMILES string of the molecule is O=C(c1cc(Br)ccc1Cl)N1CCN=C1SCc1ccc(Br)cc1. The lowest BCUT2D eigenvalue weighted by Gasteiger charge is -2.18. The third-order valence-electron chi connectivity index (χ3n) is 3.49. The summed E-state index contributed by atoms with van der Waals surface area (Å²) in [7, 11) is 0. The molecule has 2 aromatic carbocycles. The number of amidine groups is 1. The Balaban J connectivity index is 1.71. The summed E-state index contributed by atoms with van der Waals surface area (Å²) in [5.74, 6) is 0.656. The largest absolute Gasteiger partial charge is 0.286 e. The van der Waals surface area contributed by atoms with Gasteiger partial charge in [-0.15, -0.1) is 0 Å². The molecule has 24 heavy (non-hydrogen) atoms. The normalized spacial score (nSPS) is 14.0. The van der Waals surface area contributed by atoms with Crippen molar-refractivity contribution in [2.75, 3.05) is 13.1 Å². The summed E-state index contributed by atoms with van der Waals surface area (Å²) in [6.45, 7) is 1.21. The van der Waals surface area contributed by atoms with Crippen LogP contribution in [0.15, 0.2) is 56.4 Å². The molecule has 3 nitrogen and oxygen atoms in total. The molecular weight excluding hydrogens is 476 g/mol. The molecule has 1 aliphatic heterocycles. The lowest BCUT2D eigenvalue weighted by Crippen LogP contribution is -2.33. The van der Waals surface area contributed by atoms with Crippen LogP contribution in [-0.4, -0.2) is 29.1 Å². The van der Waals surface area contributed by atoms with Crippen molar-refractivity contribution in [1.82, 2.24) is 4.90 Å². The summed E-state index contributed by atoms with van der Waals surface area (Å²) in [5, 5.41) is 1.20. The fourth-order valence-corrected chi connectivity index (χ4v) is 4.10. The van der Waals surface area contributed by atoms with Gasteiger partial charge in [0.05, 0.1) is 17.1 Å². The van der Waals surface area contributed by atoms with Gasteiger partial charge in [0.25, 0.3) is 5.91 Å². The number of nitrogens with zero attached hydrogens (tertiary/aromatic N) is 2. The van der Waals surface area contributed by atoms with Crippen LogP contribution in [0, 0.1) is 0 Å². The van der Waals surface area contributed by atoms with E-state index in [0.29, 0.717) is 23.7 Å². The average Bonchev–Trinajstić information content (AvgIpc) is 3.04. The van der Waals surface area contributed by atoms with E-state index in [9.17, 15) is 4.79 Å². The molecule has 7 heteroatoms. The number of rotatable bonds is 3. The zero-order valence-corrected chi connectivity index (χ0v) is 17.3. The van der Waals surface area contributed by atoms with Crippen molar-refractivity contribution in [1.29, 1.82) is 0 Å². The molecule has 0 aliphatic carbocycles. The number of hydrogen-bond acceptors (Lipinski definition) is 3. The Morgan fingerprint density at radius 2 is 1.88 bits per heavy atom. The third kappa shape index (κ3) is 4.23. The van der Waals surface area contributed by atoms with Gasteiger partial charge in [0.15, 0.2) is 5.17 Å². The molecule has 0 aromatic heterocycles. The first-order valence-corrected chi connectivity index (χ1v) is 10.2. The topological polar surface area (TPSA) is 32.7 Å². The van der Waals surface area contributed by atoms with Gasteiger partial charge in [0.1, 0.15) is 0 Å². The molecule has 0 fully saturated rings. The number of amides is 1. The van der Waals surface area contributed by atoms with Gasteiger partial charge in [0.2, 0.25) is 0 Å². The second-order valence-corrected chi connectivity index (χ2v) is 8.34. The number of carbonyl (C=O) groups excluding carboxylic acids is 1. The Kier molecular flexibility index (Phi) is 6.02. The number of carbonyl (C=O) groups is 1. The van der Waals surface area contributed by atoms with Crippen LogP contribution in [0.1, 0.15) is 15.9 Å². The fraction of sp³-hybridized carbons (Fsp3) is 0.176. The molecule has 0 bridgehead atoms. The maximum atomic E-state index is 12.8. The molecule has 0 radical (unpaired) electrons. The first-order chi connectivity index (χ1) is 11.5. The van der Waals surface area contributed by atoms with E-state index in [0.717, 1.165) is 19.9 Å². The number of aliphatic imine (C=N–C) groups is 1. The summed E-state index contributed by atoms with van der Waals surface area (Å²) in [6, 6.07) is 13.4.